The number of rotatable bonds is 6. The van der Waals surface area contributed by atoms with Crippen LogP contribution in [0, 0.1) is 0 Å². The maximum atomic E-state index is 14.4. The summed E-state index contributed by atoms with van der Waals surface area (Å²) in [4.78, 5) is 31.7. The lowest BCUT2D eigenvalue weighted by Gasteiger charge is -2.40. The monoisotopic (exact) mass is 514 g/mol. The molecule has 2 aliphatic heterocycles. The quantitative estimate of drug-likeness (QED) is 0.585. The van der Waals surface area contributed by atoms with Crippen molar-refractivity contribution in [2.24, 2.45) is 0 Å². The standard InChI is InChI=1S/C27H36ClFN6O/c1-3-32-8-10-33(11-9-32)17-22(20-4-6-21(28)7-5-20)27(36)35-14-12-34(13-15-35)26-24-19(2)16-23(29)25(24)30-18-31-26/h4-7,18-19,22-23H,3,8-17H2,1-2H3/t19-,22?,23-/m1/s1. The van der Waals surface area contributed by atoms with Crippen molar-refractivity contribution in [2.75, 3.05) is 70.3 Å². The molecule has 1 aromatic carbocycles. The van der Waals surface area contributed by atoms with E-state index in [9.17, 15) is 9.18 Å². The number of nitrogens with zero attached hydrogens (tertiary/aromatic N) is 6. The molecule has 2 saturated heterocycles. The molecule has 0 bridgehead atoms. The van der Waals surface area contributed by atoms with Gasteiger partial charge in [-0.05, 0) is 36.6 Å². The number of carbonyl (C=O) groups is 1. The molecule has 36 heavy (non-hydrogen) atoms. The Morgan fingerprint density at radius 1 is 1.03 bits per heavy atom. The van der Waals surface area contributed by atoms with E-state index in [0.29, 0.717) is 49.9 Å². The average Bonchev–Trinajstić information content (AvgIpc) is 3.21. The number of piperazine rings is 2. The molecule has 2 aromatic rings. The third kappa shape index (κ3) is 5.22. The fourth-order valence-corrected chi connectivity index (χ4v) is 5.97. The van der Waals surface area contributed by atoms with Crippen molar-refractivity contribution >= 4 is 23.3 Å². The number of halogens is 2. The second-order valence-electron chi connectivity index (χ2n) is 10.3. The third-order valence-corrected chi connectivity index (χ3v) is 8.31. The van der Waals surface area contributed by atoms with Crippen LogP contribution >= 0.6 is 11.6 Å². The van der Waals surface area contributed by atoms with Gasteiger partial charge in [0.05, 0.1) is 11.6 Å². The first-order valence-corrected chi connectivity index (χ1v) is 13.5. The predicted octanol–water partition coefficient (Wildman–Crippen LogP) is 3.72. The van der Waals surface area contributed by atoms with E-state index in [-0.39, 0.29) is 17.7 Å². The van der Waals surface area contributed by atoms with Crippen molar-refractivity contribution in [1.29, 1.82) is 0 Å². The van der Waals surface area contributed by atoms with Gasteiger partial charge in [0.2, 0.25) is 5.91 Å². The number of aromatic nitrogens is 2. The molecule has 0 radical (unpaired) electrons. The Bertz CT molecular complexity index is 1050. The van der Waals surface area contributed by atoms with Crippen molar-refractivity contribution in [2.45, 2.75) is 38.3 Å². The van der Waals surface area contributed by atoms with E-state index in [1.165, 1.54) is 6.33 Å². The van der Waals surface area contributed by atoms with Crippen molar-refractivity contribution in [3.63, 3.8) is 0 Å². The van der Waals surface area contributed by atoms with Crippen molar-refractivity contribution in [3.8, 4) is 0 Å². The molecule has 3 aliphatic rings. The number of hydrogen-bond acceptors (Lipinski definition) is 6. The molecule has 0 spiro atoms. The molecule has 0 saturated carbocycles. The minimum Gasteiger partial charge on any atom is -0.353 e. The molecule has 1 aromatic heterocycles. The first kappa shape index (κ1) is 25.4. The van der Waals surface area contributed by atoms with Crippen LogP contribution in [0.5, 0.6) is 0 Å². The van der Waals surface area contributed by atoms with E-state index < -0.39 is 6.17 Å². The fourth-order valence-electron chi connectivity index (χ4n) is 5.84. The Kier molecular flexibility index (Phi) is 7.74. The van der Waals surface area contributed by atoms with Gasteiger partial charge in [0.1, 0.15) is 18.3 Å². The van der Waals surface area contributed by atoms with Crippen LogP contribution in [0.4, 0.5) is 10.2 Å². The molecule has 1 amide bonds. The van der Waals surface area contributed by atoms with Crippen LogP contribution < -0.4 is 4.90 Å². The molecule has 0 N–H and O–H groups in total. The molecule has 194 valence electrons. The molecule has 5 rings (SSSR count). The molecule has 1 aliphatic carbocycles. The second kappa shape index (κ2) is 11.0. The normalized spacial score (nSPS) is 24.1. The van der Waals surface area contributed by atoms with Gasteiger partial charge >= 0.3 is 0 Å². The zero-order valence-corrected chi connectivity index (χ0v) is 22.0. The lowest BCUT2D eigenvalue weighted by Crippen LogP contribution is -2.53. The Balaban J connectivity index is 1.28. The van der Waals surface area contributed by atoms with Gasteiger partial charge in [-0.2, -0.15) is 0 Å². The Hall–Kier alpha value is -2.29. The summed E-state index contributed by atoms with van der Waals surface area (Å²) in [6.07, 6.45) is 0.930. The van der Waals surface area contributed by atoms with Crippen LogP contribution in [0.2, 0.25) is 5.02 Å². The summed E-state index contributed by atoms with van der Waals surface area (Å²) in [7, 11) is 0. The molecule has 9 heteroatoms. The topological polar surface area (TPSA) is 55.8 Å². The maximum absolute atomic E-state index is 14.4. The molecule has 3 heterocycles. The van der Waals surface area contributed by atoms with E-state index in [4.69, 9.17) is 11.6 Å². The zero-order chi connectivity index (χ0) is 25.2. The van der Waals surface area contributed by atoms with Gasteiger partial charge in [0.15, 0.2) is 0 Å². The van der Waals surface area contributed by atoms with Gasteiger partial charge in [-0.25, -0.2) is 14.4 Å². The second-order valence-corrected chi connectivity index (χ2v) is 10.7. The van der Waals surface area contributed by atoms with Gasteiger partial charge in [0.25, 0.3) is 0 Å². The van der Waals surface area contributed by atoms with Gasteiger partial charge in [-0.15, -0.1) is 0 Å². The Morgan fingerprint density at radius 3 is 2.36 bits per heavy atom. The van der Waals surface area contributed by atoms with Crippen LogP contribution in [0.1, 0.15) is 55.1 Å². The number of likely N-dealkylation sites (N-methyl/N-ethyl adjacent to an activating group) is 1. The summed E-state index contributed by atoms with van der Waals surface area (Å²) in [5.41, 5.74) is 2.49. The number of hydrogen-bond donors (Lipinski definition) is 0. The van der Waals surface area contributed by atoms with Crippen molar-refractivity contribution in [3.05, 3.63) is 52.4 Å². The average molecular weight is 515 g/mol. The molecular weight excluding hydrogens is 479 g/mol. The Labute approximate surface area is 218 Å². The largest absolute Gasteiger partial charge is 0.353 e. The summed E-state index contributed by atoms with van der Waals surface area (Å²) >= 11 is 6.15. The molecule has 2 fully saturated rings. The minimum atomic E-state index is -1.01. The van der Waals surface area contributed by atoms with E-state index >= 15 is 0 Å². The first-order valence-electron chi connectivity index (χ1n) is 13.2. The number of alkyl halides is 1. The van der Waals surface area contributed by atoms with Gasteiger partial charge in [-0.1, -0.05) is 37.6 Å². The summed E-state index contributed by atoms with van der Waals surface area (Å²) in [6.45, 7) is 12.7. The van der Waals surface area contributed by atoms with Crippen LogP contribution in [-0.4, -0.2) is 96.0 Å². The van der Waals surface area contributed by atoms with E-state index in [2.05, 4.69) is 31.6 Å². The van der Waals surface area contributed by atoms with E-state index in [1.54, 1.807) is 0 Å². The zero-order valence-electron chi connectivity index (χ0n) is 21.2. The summed E-state index contributed by atoms with van der Waals surface area (Å²) in [5.74, 6) is 0.883. The van der Waals surface area contributed by atoms with Crippen molar-refractivity contribution < 1.29 is 9.18 Å². The van der Waals surface area contributed by atoms with Gasteiger partial charge in [-0.3, -0.25) is 9.69 Å². The van der Waals surface area contributed by atoms with Crippen LogP contribution in [0.3, 0.4) is 0 Å². The summed E-state index contributed by atoms with van der Waals surface area (Å²) in [6, 6.07) is 7.73. The molecule has 3 atom stereocenters. The highest BCUT2D eigenvalue weighted by Gasteiger charge is 2.36. The van der Waals surface area contributed by atoms with Gasteiger partial charge in [0, 0.05) is 69.5 Å². The van der Waals surface area contributed by atoms with Crippen molar-refractivity contribution in [1.82, 2.24) is 24.7 Å². The van der Waals surface area contributed by atoms with Crippen LogP contribution in [-0.2, 0) is 4.79 Å². The van der Waals surface area contributed by atoms with E-state index in [1.807, 2.05) is 36.1 Å². The number of carbonyl (C=O) groups excluding carboxylic acids is 1. The molecule has 1 unspecified atom stereocenters. The highest BCUT2D eigenvalue weighted by atomic mass is 35.5. The fraction of sp³-hybridized carbons (Fsp3) is 0.593. The summed E-state index contributed by atoms with van der Waals surface area (Å²) in [5, 5.41) is 0.678. The predicted molar refractivity (Wildman–Crippen MR) is 140 cm³/mol. The van der Waals surface area contributed by atoms with Crippen LogP contribution in [0.25, 0.3) is 0 Å². The Morgan fingerprint density at radius 2 is 1.69 bits per heavy atom. The number of fused-ring (bicyclic) bond motifs is 1. The number of amides is 1. The molecular formula is C27H36ClFN6O. The number of anilines is 1. The lowest BCUT2D eigenvalue weighted by atomic mass is 9.96. The summed E-state index contributed by atoms with van der Waals surface area (Å²) < 4.78 is 14.4. The third-order valence-electron chi connectivity index (χ3n) is 8.06. The first-order chi connectivity index (χ1) is 17.4. The maximum Gasteiger partial charge on any atom is 0.231 e. The SMILES string of the molecule is CCN1CCN(CC(C(=O)N2CCN(c3ncnc4c3[C@H](C)C[C@H]4F)CC2)c2ccc(Cl)cc2)CC1. The smallest absolute Gasteiger partial charge is 0.231 e. The highest BCUT2D eigenvalue weighted by molar-refractivity contribution is 6.30. The van der Waals surface area contributed by atoms with Gasteiger partial charge < -0.3 is 14.7 Å². The lowest BCUT2D eigenvalue weighted by molar-refractivity contribution is -0.133. The van der Waals surface area contributed by atoms with Crippen LogP contribution in [0.15, 0.2) is 30.6 Å². The molecule has 7 nitrogen and oxygen atoms in total. The van der Waals surface area contributed by atoms with E-state index in [0.717, 1.165) is 49.7 Å². The number of benzene rings is 1. The highest BCUT2D eigenvalue weighted by Crippen LogP contribution is 2.44. The minimum absolute atomic E-state index is 0.105.